The van der Waals surface area contributed by atoms with Crippen LogP contribution in [0.3, 0.4) is 0 Å². The summed E-state index contributed by atoms with van der Waals surface area (Å²) in [4.78, 5) is 23.9. The molecule has 1 atom stereocenters. The Labute approximate surface area is 178 Å². The topological polar surface area (TPSA) is 58.1 Å². The Balaban J connectivity index is 1.52. The summed E-state index contributed by atoms with van der Waals surface area (Å²) in [6.07, 6.45) is 8.09. The highest BCUT2D eigenvalue weighted by Gasteiger charge is 2.41. The number of carbonyl (C=O) groups excluding carboxylic acids is 1. The summed E-state index contributed by atoms with van der Waals surface area (Å²) in [6.45, 7) is 2.52. The van der Waals surface area contributed by atoms with Gasteiger partial charge in [0.25, 0.3) is 0 Å². The number of likely N-dealkylation sites (tertiary alicyclic amines) is 1. The van der Waals surface area contributed by atoms with E-state index in [9.17, 15) is 4.79 Å². The van der Waals surface area contributed by atoms with Gasteiger partial charge in [0.2, 0.25) is 5.91 Å². The first-order valence-electron chi connectivity index (χ1n) is 10.5. The normalized spacial score (nSPS) is 19.4. The fourth-order valence-corrected chi connectivity index (χ4v) is 4.51. The molecule has 1 fully saturated rings. The first kappa shape index (κ1) is 20.2. The highest BCUT2D eigenvalue weighted by Crippen LogP contribution is 2.35. The lowest BCUT2D eigenvalue weighted by molar-refractivity contribution is -0.134. The number of hydrogen-bond acceptors (Lipinski definition) is 4. The molecule has 4 rings (SSSR count). The molecule has 3 aromatic rings. The second kappa shape index (κ2) is 9.18. The van der Waals surface area contributed by atoms with Crippen molar-refractivity contribution in [2.45, 2.75) is 25.8 Å². The molecule has 0 radical (unpaired) electrons. The fourth-order valence-electron chi connectivity index (χ4n) is 4.51. The fraction of sp³-hybridized carbons (Fsp3) is 0.320. The van der Waals surface area contributed by atoms with Crippen molar-refractivity contribution in [3.05, 3.63) is 84.4 Å². The zero-order chi connectivity index (χ0) is 20.8. The van der Waals surface area contributed by atoms with E-state index in [1.54, 1.807) is 7.05 Å². The Bertz CT molecular complexity index is 959. The lowest BCUT2D eigenvalue weighted by Crippen LogP contribution is -2.52. The molecule has 3 heterocycles. The van der Waals surface area contributed by atoms with E-state index in [1.165, 1.54) is 5.56 Å². The van der Waals surface area contributed by atoms with Crippen molar-refractivity contribution in [1.29, 1.82) is 0 Å². The highest BCUT2D eigenvalue weighted by atomic mass is 16.2. The number of aromatic nitrogens is 2. The molecule has 0 aliphatic carbocycles. The van der Waals surface area contributed by atoms with Crippen LogP contribution in [-0.2, 0) is 17.8 Å². The first-order chi connectivity index (χ1) is 14.7. The smallest absolute Gasteiger partial charge is 0.227 e. The number of benzene rings is 1. The quantitative estimate of drug-likeness (QED) is 0.685. The molecule has 0 bridgehead atoms. The maximum absolute atomic E-state index is 13.0. The Hall–Kier alpha value is -3.05. The molecule has 5 nitrogen and oxygen atoms in total. The average Bonchev–Trinajstić information content (AvgIpc) is 2.80. The van der Waals surface area contributed by atoms with Crippen LogP contribution in [0.1, 0.15) is 24.1 Å². The van der Waals surface area contributed by atoms with Crippen molar-refractivity contribution in [2.75, 3.05) is 20.1 Å². The summed E-state index contributed by atoms with van der Waals surface area (Å²) in [5.74, 6) is 0.131. The van der Waals surface area contributed by atoms with Gasteiger partial charge in [0.05, 0.1) is 11.1 Å². The van der Waals surface area contributed by atoms with E-state index in [0.717, 1.165) is 55.7 Å². The molecule has 1 amide bonds. The van der Waals surface area contributed by atoms with E-state index in [1.807, 2.05) is 48.9 Å². The van der Waals surface area contributed by atoms with Crippen molar-refractivity contribution in [1.82, 2.24) is 20.2 Å². The summed E-state index contributed by atoms with van der Waals surface area (Å²) in [7, 11) is 1.74. The SMILES string of the molecule is CNC(=O)[C@]1(Cc2ccc(-c3ccncc3)cc2)CCCN(Cc2ccccn2)C1. The Morgan fingerprint density at radius 3 is 2.50 bits per heavy atom. The Morgan fingerprint density at radius 1 is 1.03 bits per heavy atom. The van der Waals surface area contributed by atoms with Crippen LogP contribution in [0.15, 0.2) is 73.2 Å². The summed E-state index contributed by atoms with van der Waals surface area (Å²) in [5.41, 5.74) is 4.13. The molecule has 2 aromatic heterocycles. The molecule has 30 heavy (non-hydrogen) atoms. The van der Waals surface area contributed by atoms with Gasteiger partial charge in [-0.15, -0.1) is 0 Å². The summed E-state index contributed by atoms with van der Waals surface area (Å²) >= 11 is 0. The third kappa shape index (κ3) is 4.57. The molecular formula is C25H28N4O. The minimum Gasteiger partial charge on any atom is -0.359 e. The number of rotatable bonds is 6. The van der Waals surface area contributed by atoms with Gasteiger partial charge < -0.3 is 5.32 Å². The second-order valence-corrected chi connectivity index (χ2v) is 8.10. The highest BCUT2D eigenvalue weighted by molar-refractivity contribution is 5.83. The molecule has 1 saturated heterocycles. The maximum atomic E-state index is 13.0. The summed E-state index contributed by atoms with van der Waals surface area (Å²) in [6, 6.07) is 18.6. The standard InChI is InChI=1S/C25H28N4O/c1-26-24(30)25(12-4-16-29(19-25)18-23-5-2-3-13-28-23)17-20-6-8-21(9-7-20)22-10-14-27-15-11-22/h2-3,5-11,13-15H,4,12,16-19H2,1H3,(H,26,30)/t25-/m0/s1. The van der Waals surface area contributed by atoms with Crippen molar-refractivity contribution in [3.8, 4) is 11.1 Å². The number of carbonyl (C=O) groups is 1. The van der Waals surface area contributed by atoms with Gasteiger partial charge in [0.1, 0.15) is 0 Å². The van der Waals surface area contributed by atoms with E-state index in [0.29, 0.717) is 0 Å². The summed E-state index contributed by atoms with van der Waals surface area (Å²) < 4.78 is 0. The van der Waals surface area contributed by atoms with Gasteiger partial charge in [-0.1, -0.05) is 30.3 Å². The molecule has 0 spiro atoms. The predicted octanol–water partition coefficient (Wildman–Crippen LogP) is 3.71. The molecular weight excluding hydrogens is 372 g/mol. The van der Waals surface area contributed by atoms with E-state index in [4.69, 9.17) is 0 Å². The number of nitrogens with zero attached hydrogens (tertiary/aromatic N) is 3. The van der Waals surface area contributed by atoms with Crippen molar-refractivity contribution in [3.63, 3.8) is 0 Å². The monoisotopic (exact) mass is 400 g/mol. The van der Waals surface area contributed by atoms with Crippen molar-refractivity contribution in [2.24, 2.45) is 5.41 Å². The van der Waals surface area contributed by atoms with Crippen LogP contribution in [0, 0.1) is 5.41 Å². The van der Waals surface area contributed by atoms with E-state index < -0.39 is 5.41 Å². The van der Waals surface area contributed by atoms with Gasteiger partial charge in [0, 0.05) is 38.7 Å². The molecule has 1 aromatic carbocycles. The minimum absolute atomic E-state index is 0.131. The van der Waals surface area contributed by atoms with E-state index in [2.05, 4.69) is 44.5 Å². The Morgan fingerprint density at radius 2 is 1.80 bits per heavy atom. The summed E-state index contributed by atoms with van der Waals surface area (Å²) in [5, 5.41) is 2.93. The number of hydrogen-bond donors (Lipinski definition) is 1. The number of piperidine rings is 1. The van der Waals surface area contributed by atoms with Gasteiger partial charge in [-0.25, -0.2) is 0 Å². The van der Waals surface area contributed by atoms with Gasteiger partial charge in [-0.2, -0.15) is 0 Å². The third-order valence-corrected chi connectivity index (χ3v) is 5.99. The second-order valence-electron chi connectivity index (χ2n) is 8.10. The maximum Gasteiger partial charge on any atom is 0.227 e. The van der Waals surface area contributed by atoms with Crippen LogP contribution in [0.4, 0.5) is 0 Å². The van der Waals surface area contributed by atoms with Gasteiger partial charge in [-0.05, 0) is 66.8 Å². The predicted molar refractivity (Wildman–Crippen MR) is 119 cm³/mol. The molecule has 0 saturated carbocycles. The lowest BCUT2D eigenvalue weighted by Gasteiger charge is -2.41. The third-order valence-electron chi connectivity index (χ3n) is 5.99. The molecule has 5 heteroatoms. The number of nitrogens with one attached hydrogen (secondary N) is 1. The van der Waals surface area contributed by atoms with Gasteiger partial charge in [0.15, 0.2) is 0 Å². The number of pyridine rings is 2. The van der Waals surface area contributed by atoms with E-state index >= 15 is 0 Å². The van der Waals surface area contributed by atoms with Crippen LogP contribution in [0.5, 0.6) is 0 Å². The first-order valence-corrected chi connectivity index (χ1v) is 10.5. The zero-order valence-electron chi connectivity index (χ0n) is 17.4. The van der Waals surface area contributed by atoms with Gasteiger partial charge in [-0.3, -0.25) is 19.7 Å². The molecule has 1 aliphatic heterocycles. The minimum atomic E-state index is -0.417. The molecule has 0 unspecified atom stereocenters. The lowest BCUT2D eigenvalue weighted by atomic mass is 9.74. The Kier molecular flexibility index (Phi) is 6.19. The van der Waals surface area contributed by atoms with E-state index in [-0.39, 0.29) is 5.91 Å². The van der Waals surface area contributed by atoms with Crippen LogP contribution in [-0.4, -0.2) is 40.9 Å². The number of amides is 1. The zero-order valence-corrected chi connectivity index (χ0v) is 17.4. The largest absolute Gasteiger partial charge is 0.359 e. The van der Waals surface area contributed by atoms with Crippen molar-refractivity contribution >= 4 is 5.91 Å². The van der Waals surface area contributed by atoms with Crippen LogP contribution in [0.25, 0.3) is 11.1 Å². The molecule has 154 valence electrons. The van der Waals surface area contributed by atoms with Crippen LogP contribution >= 0.6 is 0 Å². The van der Waals surface area contributed by atoms with Gasteiger partial charge >= 0.3 is 0 Å². The van der Waals surface area contributed by atoms with Crippen LogP contribution in [0.2, 0.25) is 0 Å². The average molecular weight is 401 g/mol. The molecule has 1 aliphatic rings. The molecule has 1 N–H and O–H groups in total. The van der Waals surface area contributed by atoms with Crippen molar-refractivity contribution < 1.29 is 4.79 Å². The van der Waals surface area contributed by atoms with Crippen LogP contribution < -0.4 is 5.32 Å².